The number of amides is 1. The first-order valence-corrected chi connectivity index (χ1v) is 7.66. The number of nitrogens with two attached hydrogens (primary N) is 1. The van der Waals surface area contributed by atoms with Gasteiger partial charge in [-0.15, -0.1) is 0 Å². The normalized spacial score (nSPS) is 19.7. The highest BCUT2D eigenvalue weighted by molar-refractivity contribution is 5.96. The van der Waals surface area contributed by atoms with Gasteiger partial charge in [0.05, 0.1) is 5.56 Å². The minimum absolute atomic E-state index is 0.153. The van der Waals surface area contributed by atoms with Crippen molar-refractivity contribution in [1.82, 2.24) is 9.47 Å². The molecule has 2 N–H and O–H groups in total. The van der Waals surface area contributed by atoms with Crippen molar-refractivity contribution in [2.75, 3.05) is 13.1 Å². The predicted molar refractivity (Wildman–Crippen MR) is 82.0 cm³/mol. The lowest BCUT2D eigenvalue weighted by atomic mass is 10.0. The van der Waals surface area contributed by atoms with Gasteiger partial charge in [-0.25, -0.2) is 0 Å². The van der Waals surface area contributed by atoms with Gasteiger partial charge in [0.25, 0.3) is 5.91 Å². The van der Waals surface area contributed by atoms with E-state index < -0.39 is 0 Å². The summed E-state index contributed by atoms with van der Waals surface area (Å²) in [7, 11) is 0. The van der Waals surface area contributed by atoms with Crippen LogP contribution in [0.3, 0.4) is 0 Å². The maximum atomic E-state index is 12.8. The van der Waals surface area contributed by atoms with Crippen LogP contribution in [-0.4, -0.2) is 34.5 Å². The summed E-state index contributed by atoms with van der Waals surface area (Å²) in [5.74, 6) is 0.153. The SMILES string of the molecule is Cc1cc(C(=O)N2CCCCC2CN)c(C)n1C(C)C. The van der Waals surface area contributed by atoms with Gasteiger partial charge in [0.2, 0.25) is 0 Å². The Labute approximate surface area is 121 Å². The van der Waals surface area contributed by atoms with Gasteiger partial charge < -0.3 is 15.2 Å². The summed E-state index contributed by atoms with van der Waals surface area (Å²) < 4.78 is 2.23. The zero-order valence-corrected chi connectivity index (χ0v) is 13.1. The molecule has 1 aromatic heterocycles. The Morgan fingerprint density at radius 1 is 1.40 bits per heavy atom. The minimum atomic E-state index is 0.153. The van der Waals surface area contributed by atoms with Crippen LogP contribution in [0, 0.1) is 13.8 Å². The topological polar surface area (TPSA) is 51.3 Å². The molecule has 4 nitrogen and oxygen atoms in total. The van der Waals surface area contributed by atoms with Gasteiger partial charge in [-0.05, 0) is 53.0 Å². The number of nitrogens with zero attached hydrogens (tertiary/aromatic N) is 2. The number of piperidine rings is 1. The molecule has 1 saturated heterocycles. The molecule has 1 atom stereocenters. The Hall–Kier alpha value is -1.29. The third-order valence-electron chi connectivity index (χ3n) is 4.39. The molecule has 1 amide bonds. The maximum absolute atomic E-state index is 12.8. The first-order chi connectivity index (χ1) is 9.47. The maximum Gasteiger partial charge on any atom is 0.255 e. The van der Waals surface area contributed by atoms with Crippen molar-refractivity contribution < 1.29 is 4.79 Å². The van der Waals surface area contributed by atoms with Crippen LogP contribution in [0.1, 0.15) is 60.9 Å². The van der Waals surface area contributed by atoms with Gasteiger partial charge in [-0.2, -0.15) is 0 Å². The molecule has 1 aromatic rings. The molecule has 1 aliphatic heterocycles. The van der Waals surface area contributed by atoms with E-state index in [-0.39, 0.29) is 11.9 Å². The fourth-order valence-electron chi connectivity index (χ4n) is 3.46. The second kappa shape index (κ2) is 6.00. The highest BCUT2D eigenvalue weighted by Gasteiger charge is 2.28. The number of aromatic nitrogens is 1. The Kier molecular flexibility index (Phi) is 4.53. The molecule has 0 spiro atoms. The Morgan fingerprint density at radius 3 is 2.65 bits per heavy atom. The molecule has 2 heterocycles. The highest BCUT2D eigenvalue weighted by Crippen LogP contribution is 2.24. The Morgan fingerprint density at radius 2 is 2.10 bits per heavy atom. The zero-order valence-electron chi connectivity index (χ0n) is 13.1. The van der Waals surface area contributed by atoms with Crippen molar-refractivity contribution in [2.45, 2.75) is 59.0 Å². The first-order valence-electron chi connectivity index (χ1n) is 7.66. The molecule has 1 unspecified atom stereocenters. The highest BCUT2D eigenvalue weighted by atomic mass is 16.2. The molecular formula is C16H27N3O. The molecule has 0 bridgehead atoms. The van der Waals surface area contributed by atoms with E-state index in [9.17, 15) is 4.79 Å². The molecule has 0 aromatic carbocycles. The van der Waals surface area contributed by atoms with E-state index >= 15 is 0 Å². The number of carbonyl (C=O) groups excluding carboxylic acids is 1. The van der Waals surface area contributed by atoms with Crippen molar-refractivity contribution in [1.29, 1.82) is 0 Å². The molecular weight excluding hydrogens is 250 g/mol. The van der Waals surface area contributed by atoms with E-state index in [1.54, 1.807) is 0 Å². The van der Waals surface area contributed by atoms with Crippen LogP contribution >= 0.6 is 0 Å². The van der Waals surface area contributed by atoms with Crippen LogP contribution in [0.4, 0.5) is 0 Å². The Bertz CT molecular complexity index is 490. The van der Waals surface area contributed by atoms with Crippen LogP contribution in [0.15, 0.2) is 6.07 Å². The fraction of sp³-hybridized carbons (Fsp3) is 0.688. The summed E-state index contributed by atoms with van der Waals surface area (Å²) in [5, 5.41) is 0. The summed E-state index contributed by atoms with van der Waals surface area (Å²) >= 11 is 0. The van der Waals surface area contributed by atoms with Crippen molar-refractivity contribution in [3.05, 3.63) is 23.0 Å². The summed E-state index contributed by atoms with van der Waals surface area (Å²) in [6.07, 6.45) is 3.30. The van der Waals surface area contributed by atoms with Crippen molar-refractivity contribution in [2.24, 2.45) is 5.73 Å². The average molecular weight is 277 g/mol. The third kappa shape index (κ3) is 2.62. The molecule has 0 aliphatic carbocycles. The summed E-state index contributed by atoms with van der Waals surface area (Å²) in [6, 6.07) is 2.61. The minimum Gasteiger partial charge on any atom is -0.346 e. The summed E-state index contributed by atoms with van der Waals surface area (Å²) in [5.41, 5.74) is 8.90. The molecule has 112 valence electrons. The smallest absolute Gasteiger partial charge is 0.255 e. The van der Waals surface area contributed by atoms with Crippen LogP contribution in [0.2, 0.25) is 0 Å². The van der Waals surface area contributed by atoms with Crippen molar-refractivity contribution in [3.63, 3.8) is 0 Å². The summed E-state index contributed by atoms with van der Waals surface area (Å²) in [6.45, 7) is 9.82. The van der Waals surface area contributed by atoms with E-state index in [1.165, 1.54) is 6.42 Å². The monoisotopic (exact) mass is 277 g/mol. The van der Waals surface area contributed by atoms with E-state index in [0.717, 1.165) is 36.3 Å². The predicted octanol–water partition coefficient (Wildman–Crippen LogP) is 2.64. The second-order valence-corrected chi connectivity index (χ2v) is 6.13. The zero-order chi connectivity index (χ0) is 14.9. The van der Waals surface area contributed by atoms with Crippen LogP contribution < -0.4 is 5.73 Å². The molecule has 4 heteroatoms. The average Bonchev–Trinajstić information content (AvgIpc) is 2.73. The number of carbonyl (C=O) groups is 1. The standard InChI is InChI=1S/C16H27N3O/c1-11(2)19-12(3)9-15(13(19)4)16(20)18-8-6-5-7-14(18)10-17/h9,11,14H,5-8,10,17H2,1-4H3. The van der Waals surface area contributed by atoms with Gasteiger partial charge in [0, 0.05) is 36.6 Å². The molecule has 0 saturated carbocycles. The fourth-order valence-corrected chi connectivity index (χ4v) is 3.46. The molecule has 2 rings (SSSR count). The molecule has 1 fully saturated rings. The summed E-state index contributed by atoms with van der Waals surface area (Å²) in [4.78, 5) is 14.8. The lowest BCUT2D eigenvalue weighted by molar-refractivity contribution is 0.0622. The van der Waals surface area contributed by atoms with Gasteiger partial charge in [-0.1, -0.05) is 0 Å². The molecule has 1 aliphatic rings. The van der Waals surface area contributed by atoms with Gasteiger partial charge in [0.1, 0.15) is 0 Å². The van der Waals surface area contributed by atoms with E-state index in [0.29, 0.717) is 12.6 Å². The largest absolute Gasteiger partial charge is 0.346 e. The van der Waals surface area contributed by atoms with Crippen LogP contribution in [0.25, 0.3) is 0 Å². The lowest BCUT2D eigenvalue weighted by Crippen LogP contribution is -2.47. The second-order valence-electron chi connectivity index (χ2n) is 6.13. The lowest BCUT2D eigenvalue weighted by Gasteiger charge is -2.35. The van der Waals surface area contributed by atoms with Crippen LogP contribution in [-0.2, 0) is 0 Å². The number of hydrogen-bond acceptors (Lipinski definition) is 2. The van der Waals surface area contributed by atoms with Gasteiger partial charge in [-0.3, -0.25) is 4.79 Å². The molecule has 0 radical (unpaired) electrons. The molecule has 20 heavy (non-hydrogen) atoms. The van der Waals surface area contributed by atoms with E-state index in [1.807, 2.05) is 17.9 Å². The van der Waals surface area contributed by atoms with Crippen molar-refractivity contribution in [3.8, 4) is 0 Å². The van der Waals surface area contributed by atoms with Crippen LogP contribution in [0.5, 0.6) is 0 Å². The Balaban J connectivity index is 2.31. The van der Waals surface area contributed by atoms with E-state index in [2.05, 4.69) is 25.3 Å². The quantitative estimate of drug-likeness (QED) is 0.923. The number of aryl methyl sites for hydroxylation is 1. The number of rotatable bonds is 3. The third-order valence-corrected chi connectivity index (χ3v) is 4.39. The first kappa shape index (κ1) is 15.1. The van der Waals surface area contributed by atoms with Gasteiger partial charge >= 0.3 is 0 Å². The van der Waals surface area contributed by atoms with Gasteiger partial charge in [0.15, 0.2) is 0 Å². The van der Waals surface area contributed by atoms with E-state index in [4.69, 9.17) is 5.73 Å². The number of hydrogen-bond donors (Lipinski definition) is 1. The number of likely N-dealkylation sites (tertiary alicyclic amines) is 1. The van der Waals surface area contributed by atoms with Crippen molar-refractivity contribution >= 4 is 5.91 Å².